The van der Waals surface area contributed by atoms with Crippen LogP contribution in [0.15, 0.2) is 18.2 Å². The average Bonchev–Trinajstić information content (AvgIpc) is 2.04. The summed E-state index contributed by atoms with van der Waals surface area (Å²) < 4.78 is 0. The van der Waals surface area contributed by atoms with Gasteiger partial charge in [-0.1, -0.05) is 0 Å². The zero-order valence-electron chi connectivity index (χ0n) is 5.74. The molecule has 1 aromatic rings. The molecule has 0 aliphatic carbocycles. The molecular weight excluding hydrogens is 144 g/mol. The molecule has 11 heavy (non-hydrogen) atoms. The Morgan fingerprint density at radius 2 is 2.27 bits per heavy atom. The molecule has 0 aliphatic heterocycles. The van der Waals surface area contributed by atoms with Crippen molar-refractivity contribution in [2.24, 2.45) is 5.84 Å². The van der Waals surface area contributed by atoms with Crippen LogP contribution in [0.1, 0.15) is 10.4 Å². The highest BCUT2D eigenvalue weighted by Gasteiger charge is 1.98. The zero-order valence-corrected chi connectivity index (χ0v) is 5.74. The number of nitrogens with two attached hydrogens (primary N) is 1. The highest BCUT2D eigenvalue weighted by molar-refractivity contribution is 5.77. The maximum Gasteiger partial charge on any atom is 0.150 e. The molecule has 0 aliphatic rings. The van der Waals surface area contributed by atoms with Gasteiger partial charge in [-0.3, -0.25) is 10.6 Å². The predicted molar refractivity (Wildman–Crippen MR) is 41.3 cm³/mol. The Balaban J connectivity index is 3.09. The summed E-state index contributed by atoms with van der Waals surface area (Å²) in [6.45, 7) is 0. The summed E-state index contributed by atoms with van der Waals surface area (Å²) in [7, 11) is 0. The van der Waals surface area contributed by atoms with Gasteiger partial charge in [0.1, 0.15) is 12.0 Å². The lowest BCUT2D eigenvalue weighted by atomic mass is 10.2. The SMILES string of the molecule is NNc1ccc(C=O)cc1O. The normalized spacial score (nSPS) is 9.18. The van der Waals surface area contributed by atoms with Gasteiger partial charge in [0.05, 0.1) is 5.69 Å². The highest BCUT2D eigenvalue weighted by Crippen LogP contribution is 2.21. The van der Waals surface area contributed by atoms with Gasteiger partial charge in [-0.25, -0.2) is 0 Å². The molecule has 4 N–H and O–H groups in total. The largest absolute Gasteiger partial charge is 0.506 e. The average molecular weight is 152 g/mol. The lowest BCUT2D eigenvalue weighted by molar-refractivity contribution is 0.112. The first-order valence-corrected chi connectivity index (χ1v) is 3.02. The molecule has 4 nitrogen and oxygen atoms in total. The van der Waals surface area contributed by atoms with Gasteiger partial charge < -0.3 is 10.5 Å². The van der Waals surface area contributed by atoms with Crippen LogP contribution >= 0.6 is 0 Å². The standard InChI is InChI=1S/C7H8N2O2/c8-9-6-2-1-5(4-10)3-7(6)11/h1-4,9,11H,8H2. The predicted octanol–water partition coefficient (Wildman–Crippen LogP) is 0.490. The Bertz CT molecular complexity index is 273. The van der Waals surface area contributed by atoms with Crippen molar-refractivity contribution in [3.05, 3.63) is 23.8 Å². The van der Waals surface area contributed by atoms with E-state index in [9.17, 15) is 4.79 Å². The van der Waals surface area contributed by atoms with Crippen LogP contribution < -0.4 is 11.3 Å². The van der Waals surface area contributed by atoms with Gasteiger partial charge in [-0.15, -0.1) is 0 Å². The number of hydrogen-bond donors (Lipinski definition) is 3. The maximum absolute atomic E-state index is 10.2. The number of aldehydes is 1. The molecule has 0 fully saturated rings. The number of hydrazine groups is 1. The van der Waals surface area contributed by atoms with Crippen molar-refractivity contribution in [1.82, 2.24) is 0 Å². The van der Waals surface area contributed by atoms with E-state index in [0.29, 0.717) is 17.5 Å². The van der Waals surface area contributed by atoms with Gasteiger partial charge in [-0.2, -0.15) is 0 Å². The summed E-state index contributed by atoms with van der Waals surface area (Å²) in [6.07, 6.45) is 0.653. The number of nitrogen functional groups attached to an aromatic ring is 1. The fourth-order valence-electron chi connectivity index (χ4n) is 0.744. The van der Waals surface area contributed by atoms with Crippen LogP contribution in [0.5, 0.6) is 5.75 Å². The van der Waals surface area contributed by atoms with Crippen molar-refractivity contribution in [3.8, 4) is 5.75 Å². The maximum atomic E-state index is 10.2. The number of rotatable bonds is 2. The van der Waals surface area contributed by atoms with E-state index in [1.807, 2.05) is 0 Å². The van der Waals surface area contributed by atoms with Crippen molar-refractivity contribution < 1.29 is 9.90 Å². The molecule has 0 saturated heterocycles. The van der Waals surface area contributed by atoms with Crippen LogP contribution in [0.2, 0.25) is 0 Å². The second-order valence-corrected chi connectivity index (χ2v) is 2.04. The van der Waals surface area contributed by atoms with E-state index in [-0.39, 0.29) is 5.75 Å². The first-order valence-electron chi connectivity index (χ1n) is 3.02. The zero-order chi connectivity index (χ0) is 8.27. The van der Waals surface area contributed by atoms with E-state index >= 15 is 0 Å². The third-order valence-electron chi connectivity index (χ3n) is 1.31. The Morgan fingerprint density at radius 3 is 2.73 bits per heavy atom. The van der Waals surface area contributed by atoms with Gasteiger partial charge in [-0.05, 0) is 18.2 Å². The second-order valence-electron chi connectivity index (χ2n) is 2.04. The van der Waals surface area contributed by atoms with Gasteiger partial charge >= 0.3 is 0 Å². The fourth-order valence-corrected chi connectivity index (χ4v) is 0.744. The van der Waals surface area contributed by atoms with Crippen molar-refractivity contribution in [2.45, 2.75) is 0 Å². The van der Waals surface area contributed by atoms with Crippen LogP contribution in [0, 0.1) is 0 Å². The molecule has 58 valence electrons. The lowest BCUT2D eigenvalue weighted by Gasteiger charge is -2.01. The Morgan fingerprint density at radius 1 is 1.55 bits per heavy atom. The number of phenolic OH excluding ortho intramolecular Hbond substituents is 1. The first kappa shape index (κ1) is 7.56. The summed E-state index contributed by atoms with van der Waals surface area (Å²) >= 11 is 0. The monoisotopic (exact) mass is 152 g/mol. The molecule has 0 aromatic heterocycles. The third-order valence-corrected chi connectivity index (χ3v) is 1.31. The molecule has 0 saturated carbocycles. The minimum atomic E-state index is -0.0305. The molecule has 0 radical (unpaired) electrons. The molecule has 0 bridgehead atoms. The smallest absolute Gasteiger partial charge is 0.150 e. The summed E-state index contributed by atoms with van der Waals surface area (Å²) in [4.78, 5) is 10.2. The van der Waals surface area contributed by atoms with Crippen LogP contribution in [0.25, 0.3) is 0 Å². The van der Waals surface area contributed by atoms with Crippen LogP contribution in [-0.2, 0) is 0 Å². The van der Waals surface area contributed by atoms with E-state index < -0.39 is 0 Å². The van der Waals surface area contributed by atoms with Crippen molar-refractivity contribution in [2.75, 3.05) is 5.43 Å². The van der Waals surface area contributed by atoms with E-state index in [0.717, 1.165) is 0 Å². The van der Waals surface area contributed by atoms with Crippen LogP contribution in [0.3, 0.4) is 0 Å². The van der Waals surface area contributed by atoms with Gasteiger partial charge in [0.15, 0.2) is 0 Å². The summed E-state index contributed by atoms with van der Waals surface area (Å²) in [5.74, 6) is 5.01. The minimum absolute atomic E-state index is 0.0305. The number of anilines is 1. The minimum Gasteiger partial charge on any atom is -0.506 e. The van der Waals surface area contributed by atoms with Crippen LogP contribution in [0.4, 0.5) is 5.69 Å². The number of nitrogens with one attached hydrogen (secondary N) is 1. The lowest BCUT2D eigenvalue weighted by Crippen LogP contribution is -2.06. The Hall–Kier alpha value is -1.55. The molecule has 0 spiro atoms. The van der Waals surface area contributed by atoms with Crippen molar-refractivity contribution >= 4 is 12.0 Å². The molecular formula is C7H8N2O2. The second kappa shape index (κ2) is 3.03. The molecule has 4 heteroatoms. The van der Waals surface area contributed by atoms with Gasteiger partial charge in [0.25, 0.3) is 0 Å². The molecule has 1 aromatic carbocycles. The topological polar surface area (TPSA) is 75.3 Å². The number of carbonyl (C=O) groups is 1. The van der Waals surface area contributed by atoms with Crippen LogP contribution in [-0.4, -0.2) is 11.4 Å². The molecule has 0 atom stereocenters. The Labute approximate surface area is 63.6 Å². The molecule has 1 rings (SSSR count). The van der Waals surface area contributed by atoms with Crippen molar-refractivity contribution in [3.63, 3.8) is 0 Å². The first-order chi connectivity index (χ1) is 5.27. The molecule has 0 unspecified atom stereocenters. The Kier molecular flexibility index (Phi) is 2.08. The van der Waals surface area contributed by atoms with E-state index in [1.54, 1.807) is 6.07 Å². The number of carbonyl (C=O) groups excluding carboxylic acids is 1. The molecule has 0 heterocycles. The number of hydrogen-bond acceptors (Lipinski definition) is 4. The highest BCUT2D eigenvalue weighted by atomic mass is 16.3. The van der Waals surface area contributed by atoms with Crippen molar-refractivity contribution in [1.29, 1.82) is 0 Å². The quantitative estimate of drug-likeness (QED) is 0.249. The summed E-state index contributed by atoms with van der Waals surface area (Å²) in [6, 6.07) is 4.42. The van der Waals surface area contributed by atoms with Gasteiger partial charge in [0, 0.05) is 5.56 Å². The number of phenols is 1. The molecule has 0 amide bonds. The third kappa shape index (κ3) is 1.47. The van der Waals surface area contributed by atoms with Gasteiger partial charge in [0.2, 0.25) is 0 Å². The number of benzene rings is 1. The summed E-state index contributed by atoms with van der Waals surface area (Å²) in [5, 5.41) is 9.12. The van der Waals surface area contributed by atoms with E-state index in [4.69, 9.17) is 10.9 Å². The van der Waals surface area contributed by atoms with E-state index in [1.165, 1.54) is 12.1 Å². The van der Waals surface area contributed by atoms with E-state index in [2.05, 4.69) is 5.43 Å². The number of aromatic hydroxyl groups is 1. The summed E-state index contributed by atoms with van der Waals surface area (Å²) in [5.41, 5.74) is 3.10. The fraction of sp³-hybridized carbons (Fsp3) is 0.